The Kier molecular flexibility index (Phi) is 6.69. The predicted octanol–water partition coefficient (Wildman–Crippen LogP) is 4.11. The number of anilines is 1. The van der Waals surface area contributed by atoms with Gasteiger partial charge in [-0.3, -0.25) is 14.4 Å². The largest absolute Gasteiger partial charge is 0.365 e. The van der Waals surface area contributed by atoms with E-state index in [0.717, 1.165) is 20.9 Å². The third kappa shape index (κ3) is 4.95. The third-order valence-corrected chi connectivity index (χ3v) is 6.68. The number of rotatable bonds is 7. The number of primary amides is 1. The molecular weight excluding hydrogens is 418 g/mol. The van der Waals surface area contributed by atoms with Crippen molar-refractivity contribution in [2.24, 2.45) is 5.73 Å². The number of aryl methyl sites for hydroxylation is 2. The van der Waals surface area contributed by atoms with Gasteiger partial charge in [-0.05, 0) is 49.9 Å². The first-order chi connectivity index (χ1) is 14.3. The molecule has 156 valence electrons. The molecular formula is C22H23N3O3S2. The number of carbonyl (C=O) groups is 3. The van der Waals surface area contributed by atoms with Crippen LogP contribution in [-0.4, -0.2) is 29.2 Å². The standard InChI is InChI=1S/C22H23N3O3S2/c1-13-6-4-7-16(10-13)22(28)25(11-17-8-5-9-29-17)12-18(26)24-21-19(20(23)27)14(2)15(3)30-21/h4-10H,11-12H2,1-3H3,(H2,23,27)(H,24,26). The molecule has 3 amide bonds. The minimum absolute atomic E-state index is 0.140. The number of nitrogens with one attached hydrogen (secondary N) is 1. The van der Waals surface area contributed by atoms with Crippen LogP contribution < -0.4 is 11.1 Å². The summed E-state index contributed by atoms with van der Waals surface area (Å²) in [5.41, 5.74) is 8.06. The zero-order valence-corrected chi connectivity index (χ0v) is 18.7. The number of thiophene rings is 2. The third-order valence-electron chi connectivity index (χ3n) is 4.70. The number of carbonyl (C=O) groups excluding carboxylic acids is 3. The van der Waals surface area contributed by atoms with Crippen LogP contribution in [0.3, 0.4) is 0 Å². The summed E-state index contributed by atoms with van der Waals surface area (Å²) in [7, 11) is 0. The van der Waals surface area contributed by atoms with Crippen LogP contribution in [0.5, 0.6) is 0 Å². The Morgan fingerprint density at radius 2 is 1.87 bits per heavy atom. The molecule has 0 saturated carbocycles. The second-order valence-corrected chi connectivity index (χ2v) is 9.27. The van der Waals surface area contributed by atoms with E-state index in [1.165, 1.54) is 27.6 Å². The molecule has 0 aliphatic rings. The Morgan fingerprint density at radius 3 is 2.50 bits per heavy atom. The van der Waals surface area contributed by atoms with Gasteiger partial charge in [-0.25, -0.2) is 0 Å². The van der Waals surface area contributed by atoms with E-state index in [2.05, 4.69) is 5.32 Å². The smallest absolute Gasteiger partial charge is 0.254 e. The molecule has 8 heteroatoms. The van der Waals surface area contributed by atoms with Crippen molar-refractivity contribution in [3.63, 3.8) is 0 Å². The minimum Gasteiger partial charge on any atom is -0.365 e. The number of benzene rings is 1. The molecule has 1 aromatic carbocycles. The number of nitrogens with zero attached hydrogens (tertiary/aromatic N) is 1. The second-order valence-electron chi connectivity index (χ2n) is 7.01. The van der Waals surface area contributed by atoms with Crippen LogP contribution in [0.4, 0.5) is 5.00 Å². The summed E-state index contributed by atoms with van der Waals surface area (Å²) in [5.74, 6) is -1.19. The van der Waals surface area contributed by atoms with Crippen molar-refractivity contribution in [2.75, 3.05) is 11.9 Å². The van der Waals surface area contributed by atoms with Gasteiger partial charge in [0, 0.05) is 15.3 Å². The molecule has 0 fully saturated rings. The molecule has 3 rings (SSSR count). The summed E-state index contributed by atoms with van der Waals surface area (Å²) in [6.45, 7) is 5.76. The highest BCUT2D eigenvalue weighted by Gasteiger charge is 2.23. The summed E-state index contributed by atoms with van der Waals surface area (Å²) in [4.78, 5) is 41.1. The van der Waals surface area contributed by atoms with E-state index in [1.807, 2.05) is 43.5 Å². The summed E-state index contributed by atoms with van der Waals surface area (Å²) >= 11 is 2.83. The van der Waals surface area contributed by atoms with Crippen LogP contribution in [0, 0.1) is 20.8 Å². The lowest BCUT2D eigenvalue weighted by Gasteiger charge is -2.22. The molecule has 3 N–H and O–H groups in total. The molecule has 0 atom stereocenters. The Balaban J connectivity index is 1.82. The Hall–Kier alpha value is -2.97. The summed E-state index contributed by atoms with van der Waals surface area (Å²) in [6, 6.07) is 11.1. The number of hydrogen-bond donors (Lipinski definition) is 2. The van der Waals surface area contributed by atoms with Crippen molar-refractivity contribution >= 4 is 45.4 Å². The molecule has 3 aromatic rings. The Morgan fingerprint density at radius 1 is 1.10 bits per heavy atom. The monoisotopic (exact) mass is 441 g/mol. The first-order valence-electron chi connectivity index (χ1n) is 9.34. The van der Waals surface area contributed by atoms with Crippen molar-refractivity contribution < 1.29 is 14.4 Å². The molecule has 0 aliphatic heterocycles. The predicted molar refractivity (Wildman–Crippen MR) is 121 cm³/mol. The highest BCUT2D eigenvalue weighted by molar-refractivity contribution is 7.16. The molecule has 0 saturated heterocycles. The topological polar surface area (TPSA) is 92.5 Å². The lowest BCUT2D eigenvalue weighted by Crippen LogP contribution is -2.37. The molecule has 0 unspecified atom stereocenters. The maximum Gasteiger partial charge on any atom is 0.254 e. The Labute approximate surface area is 183 Å². The molecule has 0 aliphatic carbocycles. The molecule has 0 bridgehead atoms. The fourth-order valence-corrected chi connectivity index (χ4v) is 4.90. The van der Waals surface area contributed by atoms with Crippen LogP contribution in [0.25, 0.3) is 0 Å². The van der Waals surface area contributed by atoms with Crippen molar-refractivity contribution in [3.8, 4) is 0 Å². The van der Waals surface area contributed by atoms with Crippen molar-refractivity contribution in [1.29, 1.82) is 0 Å². The lowest BCUT2D eigenvalue weighted by atomic mass is 10.1. The van der Waals surface area contributed by atoms with E-state index < -0.39 is 5.91 Å². The highest BCUT2D eigenvalue weighted by Crippen LogP contribution is 2.32. The fraction of sp³-hybridized carbons (Fsp3) is 0.227. The average molecular weight is 442 g/mol. The normalized spacial score (nSPS) is 10.6. The number of amides is 3. The molecule has 2 heterocycles. The van der Waals surface area contributed by atoms with Gasteiger partial charge < -0.3 is 16.0 Å². The van der Waals surface area contributed by atoms with E-state index in [1.54, 1.807) is 19.1 Å². The van der Waals surface area contributed by atoms with Gasteiger partial charge in [-0.2, -0.15) is 0 Å². The van der Waals surface area contributed by atoms with Crippen molar-refractivity contribution in [1.82, 2.24) is 4.90 Å². The van der Waals surface area contributed by atoms with Gasteiger partial charge in [-0.1, -0.05) is 23.8 Å². The number of nitrogens with two attached hydrogens (primary N) is 1. The maximum atomic E-state index is 13.1. The fourth-order valence-electron chi connectivity index (χ4n) is 3.10. The lowest BCUT2D eigenvalue weighted by molar-refractivity contribution is -0.117. The quantitative estimate of drug-likeness (QED) is 0.578. The SMILES string of the molecule is Cc1cccc(C(=O)N(CC(=O)Nc2sc(C)c(C)c2C(N)=O)Cc2cccs2)c1. The zero-order valence-electron chi connectivity index (χ0n) is 17.0. The number of hydrogen-bond acceptors (Lipinski definition) is 5. The van der Waals surface area contributed by atoms with E-state index in [9.17, 15) is 14.4 Å². The average Bonchev–Trinajstić information content (AvgIpc) is 3.28. The van der Waals surface area contributed by atoms with Crippen molar-refractivity contribution in [2.45, 2.75) is 27.3 Å². The maximum absolute atomic E-state index is 13.1. The van der Waals surface area contributed by atoms with E-state index in [-0.39, 0.29) is 18.4 Å². The highest BCUT2D eigenvalue weighted by atomic mass is 32.1. The summed E-state index contributed by atoms with van der Waals surface area (Å²) in [6.07, 6.45) is 0. The van der Waals surface area contributed by atoms with Crippen LogP contribution in [0.15, 0.2) is 41.8 Å². The summed E-state index contributed by atoms with van der Waals surface area (Å²) in [5, 5.41) is 5.12. The van der Waals surface area contributed by atoms with Gasteiger partial charge in [0.2, 0.25) is 5.91 Å². The first-order valence-corrected chi connectivity index (χ1v) is 11.0. The van der Waals surface area contributed by atoms with Crippen LogP contribution >= 0.6 is 22.7 Å². The van der Waals surface area contributed by atoms with Gasteiger partial charge in [0.25, 0.3) is 11.8 Å². The Bertz CT molecular complexity index is 1090. The van der Waals surface area contributed by atoms with Gasteiger partial charge in [0.15, 0.2) is 0 Å². The molecule has 0 spiro atoms. The van der Waals surface area contributed by atoms with Gasteiger partial charge >= 0.3 is 0 Å². The van der Waals surface area contributed by atoms with Gasteiger partial charge in [0.1, 0.15) is 11.5 Å². The van der Waals surface area contributed by atoms with Gasteiger partial charge in [-0.15, -0.1) is 22.7 Å². The second kappa shape index (κ2) is 9.23. The molecule has 0 radical (unpaired) electrons. The molecule has 30 heavy (non-hydrogen) atoms. The van der Waals surface area contributed by atoms with Crippen molar-refractivity contribution in [3.05, 3.63) is 73.8 Å². The molecule has 2 aromatic heterocycles. The van der Waals surface area contributed by atoms with Crippen LogP contribution in [0.1, 0.15) is 41.6 Å². The van der Waals surface area contributed by atoms with Gasteiger partial charge in [0.05, 0.1) is 12.1 Å². The zero-order chi connectivity index (χ0) is 21.8. The van der Waals surface area contributed by atoms with E-state index in [4.69, 9.17) is 5.73 Å². The van der Waals surface area contributed by atoms with Crippen LogP contribution in [0.2, 0.25) is 0 Å². The minimum atomic E-state index is -0.585. The first kappa shape index (κ1) is 21.7. The van der Waals surface area contributed by atoms with E-state index >= 15 is 0 Å². The summed E-state index contributed by atoms with van der Waals surface area (Å²) < 4.78 is 0. The van der Waals surface area contributed by atoms with Crippen LogP contribution in [-0.2, 0) is 11.3 Å². The van der Waals surface area contributed by atoms with E-state index in [0.29, 0.717) is 22.7 Å². The molecule has 6 nitrogen and oxygen atoms in total.